The summed E-state index contributed by atoms with van der Waals surface area (Å²) in [5.74, 6) is -1.40. The second-order valence-corrected chi connectivity index (χ2v) is 4.66. The van der Waals surface area contributed by atoms with Gasteiger partial charge in [-0.3, -0.25) is 14.9 Å². The van der Waals surface area contributed by atoms with Crippen LogP contribution in [0.1, 0.15) is 6.92 Å². The molecular weight excluding hydrogens is 279 g/mol. The van der Waals surface area contributed by atoms with Crippen LogP contribution in [-0.4, -0.2) is 37.5 Å². The number of rotatable bonds is 5. The van der Waals surface area contributed by atoms with Crippen LogP contribution in [0.15, 0.2) is 24.3 Å². The van der Waals surface area contributed by atoms with Crippen molar-refractivity contribution in [1.82, 2.24) is 5.32 Å². The maximum Gasteiger partial charge on any atom is 0.319 e. The van der Waals surface area contributed by atoms with Crippen molar-refractivity contribution < 1.29 is 23.7 Å². The molecule has 114 valence electrons. The molecule has 5 N–H and O–H groups in total. The van der Waals surface area contributed by atoms with E-state index < -0.39 is 23.8 Å². The van der Waals surface area contributed by atoms with E-state index in [1.807, 2.05) is 5.32 Å². The van der Waals surface area contributed by atoms with Crippen LogP contribution in [0.3, 0.4) is 0 Å². The number of carbonyl (C=O) groups excluding carboxylic acids is 3. The molecule has 7 nitrogen and oxygen atoms in total. The molecule has 0 aliphatic carbocycles. The van der Waals surface area contributed by atoms with E-state index in [-0.39, 0.29) is 12.5 Å². The van der Waals surface area contributed by atoms with E-state index in [9.17, 15) is 18.8 Å². The van der Waals surface area contributed by atoms with Gasteiger partial charge in [0.2, 0.25) is 0 Å². The van der Waals surface area contributed by atoms with Gasteiger partial charge < -0.3 is 16.0 Å². The second kappa shape index (κ2) is 7.34. The van der Waals surface area contributed by atoms with Crippen molar-refractivity contribution in [3.63, 3.8) is 0 Å². The number of amides is 4. The molecule has 0 aliphatic heterocycles. The van der Waals surface area contributed by atoms with Crippen molar-refractivity contribution in [2.45, 2.75) is 13.0 Å². The summed E-state index contributed by atoms with van der Waals surface area (Å²) in [6, 6.07) is 3.91. The highest BCUT2D eigenvalue weighted by Crippen LogP contribution is 2.08. The van der Waals surface area contributed by atoms with Crippen LogP contribution in [0.25, 0.3) is 0 Å². The van der Waals surface area contributed by atoms with Crippen LogP contribution in [0.5, 0.6) is 0 Å². The molecule has 8 heteroatoms. The molecule has 1 unspecified atom stereocenters. The standard InChI is InChI=1S/C13H17FN4O3/c1-8(12(20)17-13(15)21)18(2)7-11(19)16-10-5-3-4-9(14)6-10/h3-6,8H,7H2,1-2H3,(H,16,19)(H3,15,17,20,21)/p+1/t8-/m1/s1. The number of urea groups is 1. The highest BCUT2D eigenvalue weighted by Gasteiger charge is 2.24. The number of likely N-dealkylation sites (N-methyl/N-ethyl adjacent to an activating group) is 1. The van der Waals surface area contributed by atoms with E-state index in [4.69, 9.17) is 5.73 Å². The van der Waals surface area contributed by atoms with Gasteiger partial charge in [0, 0.05) is 5.69 Å². The fourth-order valence-corrected chi connectivity index (χ4v) is 1.63. The number of benzene rings is 1. The van der Waals surface area contributed by atoms with Gasteiger partial charge in [-0.1, -0.05) is 6.07 Å². The van der Waals surface area contributed by atoms with E-state index in [0.717, 1.165) is 0 Å². The molecule has 1 aromatic carbocycles. The predicted molar refractivity (Wildman–Crippen MR) is 74.0 cm³/mol. The van der Waals surface area contributed by atoms with Crippen molar-refractivity contribution in [1.29, 1.82) is 0 Å². The van der Waals surface area contributed by atoms with Gasteiger partial charge in [0.05, 0.1) is 7.05 Å². The van der Waals surface area contributed by atoms with Crippen LogP contribution in [0, 0.1) is 5.82 Å². The first-order valence-corrected chi connectivity index (χ1v) is 6.27. The van der Waals surface area contributed by atoms with Crippen LogP contribution in [0.2, 0.25) is 0 Å². The zero-order chi connectivity index (χ0) is 16.0. The molecule has 1 aromatic rings. The van der Waals surface area contributed by atoms with Gasteiger partial charge in [0.15, 0.2) is 12.6 Å². The van der Waals surface area contributed by atoms with Gasteiger partial charge in [-0.2, -0.15) is 0 Å². The fourth-order valence-electron chi connectivity index (χ4n) is 1.63. The number of primary amides is 1. The van der Waals surface area contributed by atoms with E-state index >= 15 is 0 Å². The summed E-state index contributed by atoms with van der Waals surface area (Å²) in [4.78, 5) is 34.5. The van der Waals surface area contributed by atoms with Crippen LogP contribution in [0.4, 0.5) is 14.9 Å². The maximum atomic E-state index is 13.0. The molecule has 0 spiro atoms. The Labute approximate surface area is 121 Å². The third-order valence-corrected chi connectivity index (χ3v) is 2.93. The maximum absolute atomic E-state index is 13.0. The Hall–Kier alpha value is -2.48. The topological polar surface area (TPSA) is 106 Å². The fraction of sp³-hybridized carbons (Fsp3) is 0.308. The lowest BCUT2D eigenvalue weighted by atomic mass is 10.2. The number of nitrogens with two attached hydrogens (primary N) is 1. The zero-order valence-electron chi connectivity index (χ0n) is 11.8. The van der Waals surface area contributed by atoms with Crippen molar-refractivity contribution in [2.75, 3.05) is 18.9 Å². The number of halogens is 1. The van der Waals surface area contributed by atoms with E-state index in [2.05, 4.69) is 5.32 Å². The molecule has 0 saturated carbocycles. The Morgan fingerprint density at radius 1 is 1.38 bits per heavy atom. The van der Waals surface area contributed by atoms with E-state index in [0.29, 0.717) is 10.6 Å². The van der Waals surface area contributed by atoms with Crippen molar-refractivity contribution in [3.05, 3.63) is 30.1 Å². The van der Waals surface area contributed by atoms with Crippen LogP contribution in [-0.2, 0) is 9.59 Å². The molecule has 0 saturated heterocycles. The molecule has 4 amide bonds. The summed E-state index contributed by atoms with van der Waals surface area (Å²) in [5.41, 5.74) is 5.19. The Morgan fingerprint density at radius 3 is 2.62 bits per heavy atom. The average Bonchev–Trinajstić information content (AvgIpc) is 2.36. The van der Waals surface area contributed by atoms with Crippen LogP contribution < -0.4 is 21.3 Å². The van der Waals surface area contributed by atoms with E-state index in [1.165, 1.54) is 18.2 Å². The number of imide groups is 1. The van der Waals surface area contributed by atoms with Gasteiger partial charge >= 0.3 is 6.03 Å². The predicted octanol–water partition coefficient (Wildman–Crippen LogP) is -1.14. The molecular formula is C13H18FN4O3+. The second-order valence-electron chi connectivity index (χ2n) is 4.66. The SMILES string of the molecule is C[C@H](C(=O)NC(N)=O)[NH+](C)CC(=O)Nc1cccc(F)c1. The molecule has 21 heavy (non-hydrogen) atoms. The zero-order valence-corrected chi connectivity index (χ0v) is 11.8. The Kier molecular flexibility index (Phi) is 5.79. The summed E-state index contributed by atoms with van der Waals surface area (Å²) in [6.07, 6.45) is 0. The first-order valence-electron chi connectivity index (χ1n) is 6.27. The Bertz CT molecular complexity index is 550. The van der Waals surface area contributed by atoms with Crippen molar-refractivity contribution >= 4 is 23.5 Å². The molecule has 0 fully saturated rings. The van der Waals surface area contributed by atoms with Crippen molar-refractivity contribution in [3.8, 4) is 0 Å². The lowest BCUT2D eigenvalue weighted by Gasteiger charge is -2.19. The number of hydrogen-bond donors (Lipinski definition) is 4. The van der Waals surface area contributed by atoms with Gasteiger partial charge in [0.25, 0.3) is 11.8 Å². The van der Waals surface area contributed by atoms with Gasteiger partial charge in [-0.25, -0.2) is 9.18 Å². The lowest BCUT2D eigenvalue weighted by Crippen LogP contribution is -3.15. The lowest BCUT2D eigenvalue weighted by molar-refractivity contribution is -0.885. The molecule has 0 heterocycles. The molecule has 2 atom stereocenters. The normalized spacial score (nSPS) is 13.1. The van der Waals surface area contributed by atoms with E-state index in [1.54, 1.807) is 20.0 Å². The average molecular weight is 297 g/mol. The first kappa shape index (κ1) is 16.6. The smallest absolute Gasteiger partial charge is 0.319 e. The quantitative estimate of drug-likeness (QED) is 0.552. The van der Waals surface area contributed by atoms with Crippen molar-refractivity contribution in [2.24, 2.45) is 5.73 Å². The molecule has 0 aliphatic rings. The molecule has 0 radical (unpaired) electrons. The Morgan fingerprint density at radius 2 is 2.05 bits per heavy atom. The summed E-state index contributed by atoms with van der Waals surface area (Å²) < 4.78 is 13.0. The minimum atomic E-state index is -0.941. The van der Waals surface area contributed by atoms with Gasteiger partial charge in [-0.15, -0.1) is 0 Å². The Balaban J connectivity index is 2.53. The third kappa shape index (κ3) is 5.57. The third-order valence-electron chi connectivity index (χ3n) is 2.93. The number of quaternary nitrogens is 1. The number of hydrogen-bond acceptors (Lipinski definition) is 3. The molecule has 0 aromatic heterocycles. The monoisotopic (exact) mass is 297 g/mol. The number of nitrogens with one attached hydrogen (secondary N) is 3. The minimum Gasteiger partial charge on any atom is -0.351 e. The summed E-state index contributed by atoms with van der Waals surface area (Å²) in [5, 5.41) is 4.48. The highest BCUT2D eigenvalue weighted by molar-refractivity contribution is 5.95. The summed E-state index contributed by atoms with van der Waals surface area (Å²) in [6.45, 7) is 1.53. The largest absolute Gasteiger partial charge is 0.351 e. The number of anilines is 1. The van der Waals surface area contributed by atoms with Crippen LogP contribution >= 0.6 is 0 Å². The number of carbonyl (C=O) groups is 3. The van der Waals surface area contributed by atoms with Gasteiger partial charge in [-0.05, 0) is 25.1 Å². The minimum absolute atomic E-state index is 0.0239. The highest BCUT2D eigenvalue weighted by atomic mass is 19.1. The molecule has 0 bridgehead atoms. The van der Waals surface area contributed by atoms with Gasteiger partial charge in [0.1, 0.15) is 5.82 Å². The summed E-state index contributed by atoms with van der Waals surface area (Å²) >= 11 is 0. The molecule has 1 rings (SSSR count). The summed E-state index contributed by atoms with van der Waals surface area (Å²) in [7, 11) is 1.62. The first-order chi connectivity index (χ1) is 9.79.